The molecule has 4 N–H and O–H groups in total. The van der Waals surface area contributed by atoms with E-state index in [1.165, 1.54) is 23.5 Å². The number of aryl methyl sites for hydroxylation is 1. The first-order valence-corrected chi connectivity index (χ1v) is 12.2. The van der Waals surface area contributed by atoms with Crippen molar-refractivity contribution in [2.75, 3.05) is 6.54 Å². The molecule has 184 valence electrons. The summed E-state index contributed by atoms with van der Waals surface area (Å²) in [6.45, 7) is 3.83. The topological polar surface area (TPSA) is 140 Å². The second-order valence-electron chi connectivity index (χ2n) is 8.13. The van der Waals surface area contributed by atoms with Crippen LogP contribution in [-0.2, 0) is 22.4 Å². The molecule has 9 nitrogen and oxygen atoms in total. The normalized spacial score (nSPS) is 12.5. The SMILES string of the molecule is CCC(=O)N[C@@H](Cc1nc(C)c(-c2ccc([N+](=O)[O-])cc2)s1)C(=O)N[C@H](CN)Cc1ccccc1. The van der Waals surface area contributed by atoms with Gasteiger partial charge < -0.3 is 16.4 Å². The minimum atomic E-state index is -0.803. The van der Waals surface area contributed by atoms with Gasteiger partial charge >= 0.3 is 0 Å². The highest BCUT2D eigenvalue weighted by molar-refractivity contribution is 7.15. The smallest absolute Gasteiger partial charge is 0.269 e. The number of carbonyl (C=O) groups is 2. The van der Waals surface area contributed by atoms with Crippen molar-refractivity contribution in [3.63, 3.8) is 0 Å². The van der Waals surface area contributed by atoms with Crippen molar-refractivity contribution in [3.8, 4) is 10.4 Å². The Hall–Kier alpha value is -3.63. The number of non-ortho nitro benzene ring substituents is 1. The minimum absolute atomic E-state index is 0.0140. The molecule has 10 heteroatoms. The molecule has 2 aromatic carbocycles. The number of nitro groups is 1. The first kappa shape index (κ1) is 26.0. The van der Waals surface area contributed by atoms with Crippen LogP contribution in [0.3, 0.4) is 0 Å². The Labute approximate surface area is 207 Å². The zero-order valence-electron chi connectivity index (χ0n) is 19.7. The number of nitro benzene ring substituents is 1. The number of benzene rings is 2. The Kier molecular flexibility index (Phi) is 9.04. The highest BCUT2D eigenvalue weighted by Crippen LogP contribution is 2.31. The van der Waals surface area contributed by atoms with Crippen LogP contribution in [0, 0.1) is 17.0 Å². The van der Waals surface area contributed by atoms with Crippen LogP contribution >= 0.6 is 11.3 Å². The summed E-state index contributed by atoms with van der Waals surface area (Å²) in [6.07, 6.45) is 1.05. The van der Waals surface area contributed by atoms with Crippen LogP contribution < -0.4 is 16.4 Å². The Balaban J connectivity index is 1.76. The van der Waals surface area contributed by atoms with Crippen LogP contribution in [-0.4, -0.2) is 40.4 Å². The third-order valence-electron chi connectivity index (χ3n) is 5.49. The number of thiazole rings is 1. The number of nitrogens with two attached hydrogens (primary N) is 1. The standard InChI is InChI=1S/C25H29N5O4S/c1-3-22(31)29-21(25(32)28-19(15-26)13-17-7-5-4-6-8-17)14-23-27-16(2)24(35-23)18-9-11-20(12-10-18)30(33)34/h4-12,19,21H,3,13-15,26H2,1-2H3,(H,28,32)(H,29,31)/t19-,21-/m0/s1. The summed E-state index contributed by atoms with van der Waals surface area (Å²) < 4.78 is 0. The summed E-state index contributed by atoms with van der Waals surface area (Å²) in [6, 6.07) is 14.9. The molecule has 2 amide bonds. The Morgan fingerprint density at radius 3 is 2.37 bits per heavy atom. The zero-order valence-corrected chi connectivity index (χ0v) is 20.5. The van der Waals surface area contributed by atoms with E-state index in [1.54, 1.807) is 19.1 Å². The van der Waals surface area contributed by atoms with Gasteiger partial charge in [-0.05, 0) is 36.6 Å². The van der Waals surface area contributed by atoms with Crippen molar-refractivity contribution >= 4 is 28.8 Å². The van der Waals surface area contributed by atoms with Gasteiger partial charge in [-0.3, -0.25) is 19.7 Å². The molecule has 0 saturated heterocycles. The second kappa shape index (κ2) is 12.2. The number of nitrogens with zero attached hydrogens (tertiary/aromatic N) is 2. The number of hydrogen-bond acceptors (Lipinski definition) is 7. The van der Waals surface area contributed by atoms with E-state index in [9.17, 15) is 19.7 Å². The van der Waals surface area contributed by atoms with Gasteiger partial charge in [-0.15, -0.1) is 11.3 Å². The van der Waals surface area contributed by atoms with Gasteiger partial charge in [0.1, 0.15) is 6.04 Å². The molecule has 0 spiro atoms. The molecule has 0 aliphatic heterocycles. The lowest BCUT2D eigenvalue weighted by molar-refractivity contribution is -0.384. The summed E-state index contributed by atoms with van der Waals surface area (Å²) in [5.74, 6) is -0.552. The molecular weight excluding hydrogens is 466 g/mol. The lowest BCUT2D eigenvalue weighted by atomic mass is 10.1. The Morgan fingerprint density at radius 1 is 1.09 bits per heavy atom. The van der Waals surface area contributed by atoms with Crippen molar-refractivity contribution in [2.24, 2.45) is 5.73 Å². The zero-order chi connectivity index (χ0) is 25.4. The van der Waals surface area contributed by atoms with Crippen LogP contribution in [0.15, 0.2) is 54.6 Å². The van der Waals surface area contributed by atoms with E-state index < -0.39 is 11.0 Å². The van der Waals surface area contributed by atoms with Crippen molar-refractivity contribution in [1.29, 1.82) is 0 Å². The summed E-state index contributed by atoms with van der Waals surface area (Å²) in [5.41, 5.74) is 8.54. The molecule has 0 radical (unpaired) electrons. The first-order valence-electron chi connectivity index (χ1n) is 11.4. The van der Waals surface area contributed by atoms with Crippen molar-refractivity contribution in [3.05, 3.63) is 81.0 Å². The van der Waals surface area contributed by atoms with Crippen LogP contribution in [0.2, 0.25) is 0 Å². The fourth-order valence-electron chi connectivity index (χ4n) is 3.62. The van der Waals surface area contributed by atoms with Crippen LogP contribution in [0.5, 0.6) is 0 Å². The van der Waals surface area contributed by atoms with Crippen LogP contribution in [0.25, 0.3) is 10.4 Å². The van der Waals surface area contributed by atoms with Gasteiger partial charge in [0.25, 0.3) is 5.69 Å². The lowest BCUT2D eigenvalue weighted by Crippen LogP contribution is -2.52. The van der Waals surface area contributed by atoms with E-state index in [0.29, 0.717) is 11.4 Å². The average molecular weight is 496 g/mol. The number of aromatic nitrogens is 1. The van der Waals surface area contributed by atoms with Gasteiger partial charge in [0.2, 0.25) is 11.8 Å². The van der Waals surface area contributed by atoms with Crippen molar-refractivity contribution < 1.29 is 14.5 Å². The minimum Gasteiger partial charge on any atom is -0.350 e. The van der Waals surface area contributed by atoms with Crippen LogP contribution in [0.1, 0.15) is 29.6 Å². The van der Waals surface area contributed by atoms with Gasteiger partial charge in [-0.1, -0.05) is 37.3 Å². The van der Waals surface area contributed by atoms with Gasteiger partial charge in [-0.25, -0.2) is 4.98 Å². The molecule has 0 fully saturated rings. The van der Waals surface area contributed by atoms with Gasteiger partial charge in [-0.2, -0.15) is 0 Å². The lowest BCUT2D eigenvalue weighted by Gasteiger charge is -2.22. The quantitative estimate of drug-likeness (QED) is 0.276. The second-order valence-corrected chi connectivity index (χ2v) is 9.22. The number of hydrogen-bond donors (Lipinski definition) is 3. The maximum absolute atomic E-state index is 13.2. The summed E-state index contributed by atoms with van der Waals surface area (Å²) in [4.78, 5) is 41.3. The largest absolute Gasteiger partial charge is 0.350 e. The maximum Gasteiger partial charge on any atom is 0.269 e. The molecule has 0 unspecified atom stereocenters. The van der Waals surface area contributed by atoms with E-state index >= 15 is 0 Å². The number of nitrogens with one attached hydrogen (secondary N) is 2. The molecule has 1 heterocycles. The highest BCUT2D eigenvalue weighted by Gasteiger charge is 2.25. The Morgan fingerprint density at radius 2 is 1.77 bits per heavy atom. The molecule has 0 aliphatic rings. The predicted octanol–water partition coefficient (Wildman–Crippen LogP) is 3.15. The van der Waals surface area contributed by atoms with Crippen molar-refractivity contribution in [2.45, 2.75) is 45.2 Å². The molecule has 3 aromatic rings. The molecule has 2 atom stereocenters. The van der Waals surface area contributed by atoms with Crippen LogP contribution in [0.4, 0.5) is 5.69 Å². The number of rotatable bonds is 11. The number of amides is 2. The first-order chi connectivity index (χ1) is 16.8. The van der Waals surface area contributed by atoms with E-state index in [0.717, 1.165) is 21.7 Å². The summed E-state index contributed by atoms with van der Waals surface area (Å²) in [5, 5.41) is 17.4. The molecule has 0 aliphatic carbocycles. The maximum atomic E-state index is 13.2. The molecule has 0 bridgehead atoms. The van der Waals surface area contributed by atoms with Gasteiger partial charge in [0.15, 0.2) is 0 Å². The van der Waals surface area contributed by atoms with E-state index in [1.807, 2.05) is 37.3 Å². The Bertz CT molecular complexity index is 1160. The molecule has 0 saturated carbocycles. The molecular formula is C25H29N5O4S. The average Bonchev–Trinajstić information content (AvgIpc) is 3.23. The number of carbonyl (C=O) groups excluding carboxylic acids is 2. The molecule has 1 aromatic heterocycles. The van der Waals surface area contributed by atoms with E-state index in [4.69, 9.17) is 5.73 Å². The fraction of sp³-hybridized carbons (Fsp3) is 0.320. The third-order valence-corrected chi connectivity index (χ3v) is 6.72. The van der Waals surface area contributed by atoms with Gasteiger partial charge in [0.05, 0.1) is 20.5 Å². The summed E-state index contributed by atoms with van der Waals surface area (Å²) >= 11 is 1.40. The molecule has 3 rings (SSSR count). The van der Waals surface area contributed by atoms with Gasteiger partial charge in [0, 0.05) is 37.6 Å². The monoisotopic (exact) mass is 495 g/mol. The predicted molar refractivity (Wildman–Crippen MR) is 136 cm³/mol. The highest BCUT2D eigenvalue weighted by atomic mass is 32.1. The fourth-order valence-corrected chi connectivity index (χ4v) is 4.73. The van der Waals surface area contributed by atoms with E-state index in [2.05, 4.69) is 15.6 Å². The summed E-state index contributed by atoms with van der Waals surface area (Å²) in [7, 11) is 0. The van der Waals surface area contributed by atoms with E-state index in [-0.39, 0.29) is 42.9 Å². The molecule has 35 heavy (non-hydrogen) atoms. The van der Waals surface area contributed by atoms with Crippen molar-refractivity contribution in [1.82, 2.24) is 15.6 Å². The third kappa shape index (κ3) is 7.17.